The number of nitrogens with two attached hydrogens (primary N) is 1. The van der Waals surface area contributed by atoms with Gasteiger partial charge in [-0.15, -0.1) is 11.3 Å². The van der Waals surface area contributed by atoms with E-state index >= 15 is 0 Å². The summed E-state index contributed by atoms with van der Waals surface area (Å²) in [5, 5.41) is 4.75. The monoisotopic (exact) mass is 340 g/mol. The summed E-state index contributed by atoms with van der Waals surface area (Å²) in [7, 11) is 0. The predicted octanol–water partition coefficient (Wildman–Crippen LogP) is 3.57. The van der Waals surface area contributed by atoms with Crippen molar-refractivity contribution >= 4 is 22.3 Å². The molecule has 4 rings (SSSR count). The van der Waals surface area contributed by atoms with Gasteiger partial charge < -0.3 is 15.2 Å². The molecule has 124 valence electrons. The molecule has 0 aromatic carbocycles. The first-order valence-electron chi connectivity index (χ1n) is 7.84. The first-order chi connectivity index (χ1) is 11.0. The minimum absolute atomic E-state index is 0.0512. The van der Waals surface area contributed by atoms with Crippen LogP contribution in [0.25, 0.3) is 0 Å². The number of alkyl halides is 2. The molecule has 3 heterocycles. The Balaban J connectivity index is 1.46. The second kappa shape index (κ2) is 5.43. The fraction of sp³-hybridized carbons (Fsp3) is 0.600. The lowest BCUT2D eigenvalue weighted by Gasteiger charge is -2.26. The van der Waals surface area contributed by atoms with Crippen molar-refractivity contribution in [2.75, 3.05) is 17.2 Å². The van der Waals surface area contributed by atoms with Crippen molar-refractivity contribution < 1.29 is 13.3 Å². The van der Waals surface area contributed by atoms with Gasteiger partial charge in [-0.25, -0.2) is 13.8 Å². The van der Waals surface area contributed by atoms with Crippen LogP contribution >= 0.6 is 11.3 Å². The number of thiazole rings is 1. The highest BCUT2D eigenvalue weighted by molar-refractivity contribution is 7.15. The van der Waals surface area contributed by atoms with Crippen LogP contribution in [0.1, 0.15) is 47.9 Å². The summed E-state index contributed by atoms with van der Waals surface area (Å²) in [6.45, 7) is 1.53. The molecule has 1 aliphatic carbocycles. The van der Waals surface area contributed by atoms with Gasteiger partial charge in [0.25, 0.3) is 0 Å². The van der Waals surface area contributed by atoms with E-state index in [1.807, 2.05) is 6.07 Å². The lowest BCUT2D eigenvalue weighted by atomic mass is 9.85. The molecular formula is C15H18F2N4OS. The van der Waals surface area contributed by atoms with Gasteiger partial charge in [-0.2, -0.15) is 0 Å². The Hall–Kier alpha value is -1.70. The summed E-state index contributed by atoms with van der Waals surface area (Å²) < 4.78 is 32.0. The van der Waals surface area contributed by atoms with Crippen LogP contribution in [0, 0.1) is 0 Å². The second-order valence-electron chi connectivity index (χ2n) is 6.31. The SMILES string of the molecule is Nc1nc2c(s1)CN(c1cc(C3CCC(F)(F)CC3)on1)CC2. The number of fused-ring (bicyclic) bond motifs is 1. The van der Waals surface area contributed by atoms with Crippen LogP contribution in [0.15, 0.2) is 10.6 Å². The van der Waals surface area contributed by atoms with Crippen molar-refractivity contribution in [2.45, 2.75) is 50.5 Å². The third-order valence-corrected chi connectivity index (χ3v) is 5.62. The molecule has 5 nitrogen and oxygen atoms in total. The van der Waals surface area contributed by atoms with Gasteiger partial charge in [-0.05, 0) is 12.8 Å². The van der Waals surface area contributed by atoms with E-state index in [1.54, 1.807) is 0 Å². The van der Waals surface area contributed by atoms with Gasteiger partial charge in [0.1, 0.15) is 5.76 Å². The maximum absolute atomic E-state index is 13.3. The third kappa shape index (κ3) is 2.91. The number of rotatable bonds is 2. The summed E-state index contributed by atoms with van der Waals surface area (Å²) in [6, 6.07) is 1.91. The van der Waals surface area contributed by atoms with Crippen molar-refractivity contribution in [3.05, 3.63) is 22.4 Å². The van der Waals surface area contributed by atoms with Crippen LogP contribution in [0.4, 0.5) is 19.7 Å². The molecule has 0 atom stereocenters. The van der Waals surface area contributed by atoms with Crippen molar-refractivity contribution in [1.82, 2.24) is 10.1 Å². The van der Waals surface area contributed by atoms with Gasteiger partial charge in [-0.1, -0.05) is 5.16 Å². The lowest BCUT2D eigenvalue weighted by molar-refractivity contribution is -0.0398. The molecule has 2 N–H and O–H groups in total. The molecule has 2 aromatic rings. The minimum atomic E-state index is -2.52. The molecule has 0 unspecified atom stereocenters. The summed E-state index contributed by atoms with van der Waals surface area (Å²) in [6.07, 6.45) is 1.61. The number of hydrogen-bond donors (Lipinski definition) is 1. The Kier molecular flexibility index (Phi) is 3.51. The van der Waals surface area contributed by atoms with Crippen molar-refractivity contribution in [3.63, 3.8) is 0 Å². The van der Waals surface area contributed by atoms with Crippen LogP contribution in [0.5, 0.6) is 0 Å². The first-order valence-corrected chi connectivity index (χ1v) is 8.65. The molecule has 0 spiro atoms. The van der Waals surface area contributed by atoms with Crippen LogP contribution in [0.3, 0.4) is 0 Å². The van der Waals surface area contributed by atoms with E-state index in [2.05, 4.69) is 15.0 Å². The Morgan fingerprint density at radius 2 is 2.13 bits per heavy atom. The molecule has 1 aliphatic heterocycles. The highest BCUT2D eigenvalue weighted by Gasteiger charge is 2.37. The molecule has 23 heavy (non-hydrogen) atoms. The minimum Gasteiger partial charge on any atom is -0.375 e. The van der Waals surface area contributed by atoms with Crippen LogP contribution in [-0.4, -0.2) is 22.6 Å². The van der Waals surface area contributed by atoms with Crippen LogP contribution < -0.4 is 10.6 Å². The van der Waals surface area contributed by atoms with Crippen molar-refractivity contribution in [2.24, 2.45) is 0 Å². The highest BCUT2D eigenvalue weighted by atomic mass is 32.1. The Bertz CT molecular complexity index is 704. The molecule has 2 aromatic heterocycles. The van der Waals surface area contributed by atoms with E-state index in [1.165, 1.54) is 11.3 Å². The molecule has 1 fully saturated rings. The van der Waals surface area contributed by atoms with Gasteiger partial charge >= 0.3 is 0 Å². The zero-order valence-electron chi connectivity index (χ0n) is 12.6. The molecular weight excluding hydrogens is 322 g/mol. The molecule has 0 radical (unpaired) electrons. The summed E-state index contributed by atoms with van der Waals surface area (Å²) in [4.78, 5) is 7.62. The summed E-state index contributed by atoms with van der Waals surface area (Å²) in [5.41, 5.74) is 6.83. The Labute approximate surface area is 136 Å². The fourth-order valence-corrected chi connectivity index (χ4v) is 4.25. The Morgan fingerprint density at radius 3 is 2.91 bits per heavy atom. The molecule has 8 heteroatoms. The lowest BCUT2D eigenvalue weighted by Crippen LogP contribution is -2.29. The smallest absolute Gasteiger partial charge is 0.248 e. The number of halogens is 2. The highest BCUT2D eigenvalue weighted by Crippen LogP contribution is 2.41. The third-order valence-electron chi connectivity index (χ3n) is 4.71. The zero-order valence-corrected chi connectivity index (χ0v) is 13.4. The van der Waals surface area contributed by atoms with E-state index in [9.17, 15) is 8.78 Å². The molecule has 0 bridgehead atoms. The number of nitrogens with zero attached hydrogens (tertiary/aromatic N) is 3. The number of hydrogen-bond acceptors (Lipinski definition) is 6. The largest absolute Gasteiger partial charge is 0.375 e. The zero-order chi connectivity index (χ0) is 16.0. The van der Waals surface area contributed by atoms with Gasteiger partial charge in [0.2, 0.25) is 5.92 Å². The van der Waals surface area contributed by atoms with Gasteiger partial charge in [0.15, 0.2) is 10.9 Å². The topological polar surface area (TPSA) is 68.2 Å². The van der Waals surface area contributed by atoms with E-state index < -0.39 is 5.92 Å². The van der Waals surface area contributed by atoms with E-state index in [0.717, 1.165) is 41.7 Å². The van der Waals surface area contributed by atoms with E-state index in [0.29, 0.717) is 18.0 Å². The van der Waals surface area contributed by atoms with E-state index in [-0.39, 0.29) is 18.8 Å². The van der Waals surface area contributed by atoms with Crippen molar-refractivity contribution in [1.29, 1.82) is 0 Å². The predicted molar refractivity (Wildman–Crippen MR) is 83.9 cm³/mol. The fourth-order valence-electron chi connectivity index (χ4n) is 3.36. The normalized spacial score (nSPS) is 21.4. The molecule has 1 saturated carbocycles. The quantitative estimate of drug-likeness (QED) is 0.905. The summed E-state index contributed by atoms with van der Waals surface area (Å²) >= 11 is 1.51. The van der Waals surface area contributed by atoms with Crippen LogP contribution in [0.2, 0.25) is 0 Å². The molecule has 0 saturated heterocycles. The van der Waals surface area contributed by atoms with Gasteiger partial charge in [0.05, 0.1) is 12.2 Å². The standard InChI is InChI=1S/C15H18F2N4OS/c16-15(17)4-1-9(2-5-15)11-7-13(20-22-11)21-6-3-10-12(8-21)23-14(18)19-10/h7,9H,1-6,8H2,(H2,18,19). The Morgan fingerprint density at radius 1 is 1.35 bits per heavy atom. The average molecular weight is 340 g/mol. The van der Waals surface area contributed by atoms with Gasteiger partial charge in [0, 0.05) is 42.7 Å². The second-order valence-corrected chi connectivity index (χ2v) is 7.43. The van der Waals surface area contributed by atoms with Gasteiger partial charge in [-0.3, -0.25) is 0 Å². The molecule has 0 amide bonds. The van der Waals surface area contributed by atoms with E-state index in [4.69, 9.17) is 10.3 Å². The molecule has 2 aliphatic rings. The number of anilines is 2. The van der Waals surface area contributed by atoms with Crippen molar-refractivity contribution in [3.8, 4) is 0 Å². The maximum atomic E-state index is 13.3. The maximum Gasteiger partial charge on any atom is 0.248 e. The van der Waals surface area contributed by atoms with Crippen LogP contribution in [-0.2, 0) is 13.0 Å². The summed E-state index contributed by atoms with van der Waals surface area (Å²) in [5.74, 6) is -0.968. The average Bonchev–Trinajstić information content (AvgIpc) is 3.11. The number of aromatic nitrogens is 2. The first kappa shape index (κ1) is 14.9. The number of nitrogen functional groups attached to an aromatic ring is 1.